The van der Waals surface area contributed by atoms with Gasteiger partial charge in [0.05, 0.1) is 0 Å². The third-order valence-corrected chi connectivity index (χ3v) is 3.54. The molecule has 0 rings (SSSR count). The van der Waals surface area contributed by atoms with Crippen molar-refractivity contribution in [2.75, 3.05) is 33.2 Å². The fourth-order valence-electron chi connectivity index (χ4n) is 2.44. The molecule has 0 aliphatic carbocycles. The van der Waals surface area contributed by atoms with Gasteiger partial charge in [-0.25, -0.2) is 0 Å². The highest BCUT2D eigenvalue weighted by molar-refractivity contribution is 5.78. The lowest BCUT2D eigenvalue weighted by Gasteiger charge is -2.31. The van der Waals surface area contributed by atoms with Crippen molar-refractivity contribution < 1.29 is 4.79 Å². The van der Waals surface area contributed by atoms with Crippen LogP contribution in [0.4, 0.5) is 0 Å². The SMILES string of the molecule is CCN(CC)C(CNC(=O)C(C)CNC)CC(C)C. The van der Waals surface area contributed by atoms with E-state index in [1.165, 1.54) is 0 Å². The first-order valence-corrected chi connectivity index (χ1v) is 7.62. The predicted molar refractivity (Wildman–Crippen MR) is 82.3 cm³/mol. The lowest BCUT2D eigenvalue weighted by atomic mass is 10.0. The Morgan fingerprint density at radius 2 is 1.68 bits per heavy atom. The zero-order chi connectivity index (χ0) is 14.8. The van der Waals surface area contributed by atoms with Gasteiger partial charge in [-0.15, -0.1) is 0 Å². The van der Waals surface area contributed by atoms with Crippen molar-refractivity contribution in [2.45, 2.75) is 47.1 Å². The zero-order valence-electron chi connectivity index (χ0n) is 13.6. The molecule has 0 aliphatic rings. The second-order valence-corrected chi connectivity index (χ2v) is 5.71. The van der Waals surface area contributed by atoms with Crippen molar-refractivity contribution in [3.63, 3.8) is 0 Å². The second kappa shape index (κ2) is 10.2. The number of likely N-dealkylation sites (N-methyl/N-ethyl adjacent to an activating group) is 1. The maximum atomic E-state index is 12.0. The van der Waals surface area contributed by atoms with Gasteiger partial charge in [-0.3, -0.25) is 9.69 Å². The summed E-state index contributed by atoms with van der Waals surface area (Å²) in [5, 5.41) is 6.14. The number of hydrogen-bond donors (Lipinski definition) is 2. The van der Waals surface area contributed by atoms with E-state index in [9.17, 15) is 4.79 Å². The maximum Gasteiger partial charge on any atom is 0.224 e. The lowest BCUT2D eigenvalue weighted by molar-refractivity contribution is -0.124. The predicted octanol–water partition coefficient (Wildman–Crippen LogP) is 1.71. The number of nitrogens with zero attached hydrogens (tertiary/aromatic N) is 1. The van der Waals surface area contributed by atoms with Crippen LogP contribution in [-0.2, 0) is 4.79 Å². The standard InChI is InChI=1S/C15H33N3O/c1-7-18(8-2)14(9-12(3)4)11-17-15(19)13(5)10-16-6/h12-14,16H,7-11H2,1-6H3,(H,17,19). The summed E-state index contributed by atoms with van der Waals surface area (Å²) in [5.41, 5.74) is 0. The van der Waals surface area contributed by atoms with E-state index >= 15 is 0 Å². The van der Waals surface area contributed by atoms with Crippen molar-refractivity contribution in [1.82, 2.24) is 15.5 Å². The monoisotopic (exact) mass is 271 g/mol. The second-order valence-electron chi connectivity index (χ2n) is 5.71. The average Bonchev–Trinajstić information content (AvgIpc) is 2.36. The highest BCUT2D eigenvalue weighted by atomic mass is 16.1. The van der Waals surface area contributed by atoms with Crippen molar-refractivity contribution in [3.8, 4) is 0 Å². The average molecular weight is 271 g/mol. The fourth-order valence-corrected chi connectivity index (χ4v) is 2.44. The normalized spacial score (nSPS) is 14.7. The molecule has 2 N–H and O–H groups in total. The van der Waals surface area contributed by atoms with E-state index in [0.29, 0.717) is 12.0 Å². The molecule has 2 atom stereocenters. The van der Waals surface area contributed by atoms with Crippen LogP contribution in [0.15, 0.2) is 0 Å². The van der Waals surface area contributed by atoms with Crippen molar-refractivity contribution >= 4 is 5.91 Å². The van der Waals surface area contributed by atoms with Gasteiger partial charge in [-0.05, 0) is 32.5 Å². The van der Waals surface area contributed by atoms with Crippen molar-refractivity contribution in [2.24, 2.45) is 11.8 Å². The number of rotatable bonds is 10. The molecule has 1 amide bonds. The summed E-state index contributed by atoms with van der Waals surface area (Å²) in [6, 6.07) is 0.445. The molecule has 4 nitrogen and oxygen atoms in total. The Morgan fingerprint density at radius 3 is 2.11 bits per heavy atom. The lowest BCUT2D eigenvalue weighted by Crippen LogP contribution is -2.46. The summed E-state index contributed by atoms with van der Waals surface area (Å²) in [7, 11) is 1.88. The minimum atomic E-state index is 0.0291. The molecule has 0 aliphatic heterocycles. The van der Waals surface area contributed by atoms with Gasteiger partial charge in [0.2, 0.25) is 5.91 Å². The molecule has 0 bridgehead atoms. The zero-order valence-corrected chi connectivity index (χ0v) is 13.6. The van der Waals surface area contributed by atoms with Crippen LogP contribution < -0.4 is 10.6 Å². The highest BCUT2D eigenvalue weighted by Crippen LogP contribution is 2.11. The Morgan fingerprint density at radius 1 is 1.11 bits per heavy atom. The Kier molecular flexibility index (Phi) is 9.88. The molecular formula is C15H33N3O. The van der Waals surface area contributed by atoms with Crippen LogP contribution in [0, 0.1) is 11.8 Å². The molecule has 0 saturated carbocycles. The largest absolute Gasteiger partial charge is 0.354 e. The van der Waals surface area contributed by atoms with Gasteiger partial charge in [0.1, 0.15) is 0 Å². The summed E-state index contributed by atoms with van der Waals surface area (Å²) in [4.78, 5) is 14.4. The molecular weight excluding hydrogens is 238 g/mol. The smallest absolute Gasteiger partial charge is 0.224 e. The Labute approximate surface area is 119 Å². The molecule has 0 radical (unpaired) electrons. The molecule has 0 aromatic heterocycles. The van der Waals surface area contributed by atoms with Crippen molar-refractivity contribution in [3.05, 3.63) is 0 Å². The Balaban J connectivity index is 4.36. The molecule has 0 saturated heterocycles. The van der Waals surface area contributed by atoms with E-state index in [0.717, 1.165) is 32.6 Å². The molecule has 0 aromatic carbocycles. The molecule has 0 heterocycles. The minimum Gasteiger partial charge on any atom is -0.354 e. The summed E-state index contributed by atoms with van der Waals surface area (Å²) in [6.45, 7) is 14.4. The first kappa shape index (κ1) is 18.4. The summed E-state index contributed by atoms with van der Waals surface area (Å²) in [5.74, 6) is 0.828. The molecule has 0 aromatic rings. The number of carbonyl (C=O) groups is 1. The first-order valence-electron chi connectivity index (χ1n) is 7.62. The Bertz CT molecular complexity index is 240. The van der Waals surface area contributed by atoms with E-state index < -0.39 is 0 Å². The quantitative estimate of drug-likeness (QED) is 0.636. The van der Waals surface area contributed by atoms with Crippen LogP contribution in [0.1, 0.15) is 41.0 Å². The van der Waals surface area contributed by atoms with Crippen LogP contribution in [0.3, 0.4) is 0 Å². The fraction of sp³-hybridized carbons (Fsp3) is 0.933. The molecule has 19 heavy (non-hydrogen) atoms. The molecule has 114 valence electrons. The highest BCUT2D eigenvalue weighted by Gasteiger charge is 2.19. The number of carbonyl (C=O) groups excluding carboxylic acids is 1. The third kappa shape index (κ3) is 7.53. The molecule has 0 spiro atoms. The summed E-state index contributed by atoms with van der Waals surface area (Å²) < 4.78 is 0. The molecule has 0 fully saturated rings. The van der Waals surface area contributed by atoms with Crippen LogP contribution >= 0.6 is 0 Å². The first-order chi connectivity index (χ1) is 8.96. The summed E-state index contributed by atoms with van der Waals surface area (Å²) in [6.07, 6.45) is 1.13. The van der Waals surface area contributed by atoms with Gasteiger partial charge in [-0.1, -0.05) is 34.6 Å². The maximum absolute atomic E-state index is 12.0. The van der Waals surface area contributed by atoms with Crippen LogP contribution in [-0.4, -0.2) is 50.1 Å². The Hall–Kier alpha value is -0.610. The van der Waals surface area contributed by atoms with Gasteiger partial charge < -0.3 is 10.6 Å². The van der Waals surface area contributed by atoms with Gasteiger partial charge >= 0.3 is 0 Å². The van der Waals surface area contributed by atoms with E-state index in [-0.39, 0.29) is 11.8 Å². The molecule has 2 unspecified atom stereocenters. The topological polar surface area (TPSA) is 44.4 Å². The van der Waals surface area contributed by atoms with E-state index in [2.05, 4.69) is 43.2 Å². The van der Waals surface area contributed by atoms with Crippen LogP contribution in [0.2, 0.25) is 0 Å². The number of amides is 1. The number of nitrogens with one attached hydrogen (secondary N) is 2. The van der Waals surface area contributed by atoms with Crippen LogP contribution in [0.25, 0.3) is 0 Å². The number of hydrogen-bond acceptors (Lipinski definition) is 3. The molecule has 4 heteroatoms. The van der Waals surface area contributed by atoms with Gasteiger partial charge in [-0.2, -0.15) is 0 Å². The van der Waals surface area contributed by atoms with E-state index in [4.69, 9.17) is 0 Å². The van der Waals surface area contributed by atoms with Gasteiger partial charge in [0, 0.05) is 25.0 Å². The summed E-state index contributed by atoms with van der Waals surface area (Å²) >= 11 is 0. The third-order valence-electron chi connectivity index (χ3n) is 3.54. The van der Waals surface area contributed by atoms with Gasteiger partial charge in [0.25, 0.3) is 0 Å². The van der Waals surface area contributed by atoms with Crippen molar-refractivity contribution in [1.29, 1.82) is 0 Å². The van der Waals surface area contributed by atoms with Gasteiger partial charge in [0.15, 0.2) is 0 Å². The van der Waals surface area contributed by atoms with E-state index in [1.807, 2.05) is 14.0 Å². The minimum absolute atomic E-state index is 0.0291. The van der Waals surface area contributed by atoms with Crippen LogP contribution in [0.5, 0.6) is 0 Å². The van der Waals surface area contributed by atoms with E-state index in [1.54, 1.807) is 0 Å².